The fraction of sp³-hybridized carbons (Fsp3) is 0.667. The Hall–Kier alpha value is -2.58. The van der Waals surface area contributed by atoms with Gasteiger partial charge in [-0.2, -0.15) is 0 Å². The maximum Gasteiger partial charge on any atom is 0.378 e. The molecule has 1 saturated heterocycles. The van der Waals surface area contributed by atoms with E-state index in [9.17, 15) is 9.59 Å². The van der Waals surface area contributed by atoms with Gasteiger partial charge >= 0.3 is 11.9 Å². The third-order valence-corrected chi connectivity index (χ3v) is 4.28. The van der Waals surface area contributed by atoms with E-state index in [1.807, 2.05) is 0 Å². The number of carbonyl (C=O) groups is 2. The van der Waals surface area contributed by atoms with Gasteiger partial charge in [0.25, 0.3) is 0 Å². The molecule has 3 rings (SSSR count). The molecule has 0 radical (unpaired) electrons. The number of rotatable bonds is 7. The minimum absolute atomic E-state index is 0.00764. The molecule has 13 nitrogen and oxygen atoms in total. The Morgan fingerprint density at radius 1 is 1.16 bits per heavy atom. The molecule has 3 aliphatic rings. The van der Waals surface area contributed by atoms with Crippen molar-refractivity contribution in [3.63, 3.8) is 0 Å². The van der Waals surface area contributed by atoms with Gasteiger partial charge in [0, 0.05) is 7.11 Å². The van der Waals surface area contributed by atoms with Crippen LogP contribution in [0.3, 0.4) is 0 Å². The van der Waals surface area contributed by atoms with Crippen LogP contribution in [0.1, 0.15) is 13.8 Å². The Morgan fingerprint density at radius 3 is 2.29 bits per heavy atom. The van der Waals surface area contributed by atoms with Gasteiger partial charge in [0.15, 0.2) is 36.3 Å². The first kappa shape index (κ1) is 24.7. The lowest BCUT2D eigenvalue weighted by Gasteiger charge is -2.21. The lowest BCUT2D eigenvalue weighted by molar-refractivity contribution is -0.164. The average Bonchev–Trinajstić information content (AvgIpc) is 3.34. The smallest absolute Gasteiger partial charge is 0.378 e. The normalized spacial score (nSPS) is 28.1. The van der Waals surface area contributed by atoms with Crippen LogP contribution in [0.4, 0.5) is 0 Å². The van der Waals surface area contributed by atoms with Crippen LogP contribution in [-0.4, -0.2) is 96.8 Å². The summed E-state index contributed by atoms with van der Waals surface area (Å²) in [5, 5.41) is 35.0. The predicted molar refractivity (Wildman–Crippen MR) is 97.0 cm³/mol. The summed E-state index contributed by atoms with van der Waals surface area (Å²) in [7, 11) is 2.86. The Kier molecular flexibility index (Phi) is 8.08. The summed E-state index contributed by atoms with van der Waals surface area (Å²) < 4.78 is 35.9. The molecule has 4 N–H and O–H groups in total. The third kappa shape index (κ3) is 5.57. The van der Waals surface area contributed by atoms with Gasteiger partial charge in [0.2, 0.25) is 11.5 Å². The minimum Gasteiger partial charge on any atom is -0.505 e. The summed E-state index contributed by atoms with van der Waals surface area (Å²) in [6.45, 7) is 3.21. The molecule has 3 heterocycles. The molecule has 3 aliphatic heterocycles. The van der Waals surface area contributed by atoms with Crippen molar-refractivity contribution < 1.29 is 63.2 Å². The average molecular weight is 450 g/mol. The fourth-order valence-corrected chi connectivity index (χ4v) is 2.84. The number of hydrogen-bond donors (Lipinski definition) is 4. The molecule has 0 unspecified atom stereocenters. The highest BCUT2D eigenvalue weighted by atomic mass is 16.8. The summed E-state index contributed by atoms with van der Waals surface area (Å²) in [6, 6.07) is 0. The van der Waals surface area contributed by atoms with Gasteiger partial charge in [-0.05, 0) is 13.8 Å². The number of aliphatic hydroxyl groups is 4. The molecule has 176 valence electrons. The van der Waals surface area contributed by atoms with Gasteiger partial charge in [0.1, 0.15) is 12.2 Å². The summed E-state index contributed by atoms with van der Waals surface area (Å²) in [6.07, 6.45) is -3.89. The van der Waals surface area contributed by atoms with Gasteiger partial charge in [-0.25, -0.2) is 9.59 Å². The standard InChI is InChI=1S/C12H18O7.C6H8O6/c1-12(2)17-5-7(19-12)8-9(16-6-14-3)10(15-4)11(13)18-8;7-1-2(8)5-3(9)4(10)6(11)12-5/h7-8H,5-6H2,1-4H3;2,5,7-10H,1H2/t7-,8+;2-,5+/m00/s1. The topological polar surface area (TPSA) is 180 Å². The molecule has 31 heavy (non-hydrogen) atoms. The number of esters is 2. The number of ether oxygens (including phenoxy) is 7. The maximum atomic E-state index is 11.7. The van der Waals surface area contributed by atoms with E-state index in [0.29, 0.717) is 6.61 Å². The van der Waals surface area contributed by atoms with E-state index >= 15 is 0 Å². The van der Waals surface area contributed by atoms with Crippen molar-refractivity contribution in [2.24, 2.45) is 0 Å². The maximum absolute atomic E-state index is 11.7. The minimum atomic E-state index is -1.42. The van der Waals surface area contributed by atoms with Crippen LogP contribution in [0, 0.1) is 0 Å². The number of cyclic esters (lactones) is 2. The molecular formula is C18H26O13. The molecule has 4 atom stereocenters. The van der Waals surface area contributed by atoms with Crippen LogP contribution < -0.4 is 0 Å². The van der Waals surface area contributed by atoms with Crippen LogP contribution in [0.15, 0.2) is 23.0 Å². The van der Waals surface area contributed by atoms with Crippen molar-refractivity contribution in [3.8, 4) is 0 Å². The third-order valence-electron chi connectivity index (χ3n) is 4.28. The van der Waals surface area contributed by atoms with E-state index in [1.54, 1.807) is 13.8 Å². The summed E-state index contributed by atoms with van der Waals surface area (Å²) in [5.41, 5.74) is 0. The van der Waals surface area contributed by atoms with Gasteiger partial charge in [-0.15, -0.1) is 0 Å². The highest BCUT2D eigenvalue weighted by molar-refractivity contribution is 5.90. The lowest BCUT2D eigenvalue weighted by Crippen LogP contribution is -2.33. The van der Waals surface area contributed by atoms with Gasteiger partial charge in [-0.1, -0.05) is 0 Å². The number of methoxy groups -OCH3 is 2. The summed E-state index contributed by atoms with van der Waals surface area (Å²) >= 11 is 0. The zero-order valence-corrected chi connectivity index (χ0v) is 17.4. The van der Waals surface area contributed by atoms with E-state index in [-0.39, 0.29) is 18.3 Å². The Labute approximate surface area is 177 Å². The largest absolute Gasteiger partial charge is 0.505 e. The Morgan fingerprint density at radius 2 is 1.84 bits per heavy atom. The first-order valence-electron chi connectivity index (χ1n) is 9.10. The summed E-state index contributed by atoms with van der Waals surface area (Å²) in [5.74, 6) is -3.75. The van der Waals surface area contributed by atoms with Crippen molar-refractivity contribution in [1.29, 1.82) is 0 Å². The van der Waals surface area contributed by atoms with E-state index in [1.165, 1.54) is 14.2 Å². The zero-order valence-electron chi connectivity index (χ0n) is 17.4. The second-order valence-corrected chi connectivity index (χ2v) is 6.95. The highest BCUT2D eigenvalue weighted by Crippen LogP contribution is 2.33. The molecule has 0 spiro atoms. The van der Waals surface area contributed by atoms with Crippen molar-refractivity contribution >= 4 is 11.9 Å². The Bertz CT molecular complexity index is 741. The number of carbonyl (C=O) groups excluding carboxylic acids is 2. The van der Waals surface area contributed by atoms with E-state index in [0.717, 1.165) is 0 Å². The monoisotopic (exact) mass is 450 g/mol. The van der Waals surface area contributed by atoms with Crippen molar-refractivity contribution in [2.75, 3.05) is 34.2 Å². The van der Waals surface area contributed by atoms with Crippen LogP contribution in [0.5, 0.6) is 0 Å². The predicted octanol–water partition coefficient (Wildman–Crippen LogP) is -0.866. The molecule has 0 aromatic heterocycles. The van der Waals surface area contributed by atoms with Crippen LogP contribution in [-0.2, 0) is 42.7 Å². The quantitative estimate of drug-likeness (QED) is 0.278. The SMILES string of the molecule is COCOC1=C(OC)C(=O)O[C@@H]1[C@@H]1COC(C)(C)O1.O=C1O[C@H]([C@@H](O)CO)C(O)=C1O. The highest BCUT2D eigenvalue weighted by Gasteiger charge is 2.48. The van der Waals surface area contributed by atoms with Gasteiger partial charge in [0.05, 0.1) is 20.3 Å². The first-order valence-corrected chi connectivity index (χ1v) is 9.10. The molecule has 1 fully saturated rings. The fourth-order valence-electron chi connectivity index (χ4n) is 2.84. The second-order valence-electron chi connectivity index (χ2n) is 6.95. The lowest BCUT2D eigenvalue weighted by atomic mass is 10.2. The van der Waals surface area contributed by atoms with Crippen LogP contribution in [0.25, 0.3) is 0 Å². The molecule has 0 amide bonds. The second kappa shape index (κ2) is 10.2. The molecule has 0 bridgehead atoms. The molecule has 0 aromatic rings. The number of hydrogen-bond acceptors (Lipinski definition) is 13. The molecular weight excluding hydrogens is 424 g/mol. The zero-order chi connectivity index (χ0) is 23.3. The van der Waals surface area contributed by atoms with E-state index in [2.05, 4.69) is 4.74 Å². The van der Waals surface area contributed by atoms with Crippen molar-refractivity contribution in [1.82, 2.24) is 0 Å². The Balaban J connectivity index is 0.000000245. The van der Waals surface area contributed by atoms with E-state index in [4.69, 9.17) is 48.8 Å². The summed E-state index contributed by atoms with van der Waals surface area (Å²) in [4.78, 5) is 22.2. The van der Waals surface area contributed by atoms with Crippen molar-refractivity contribution in [3.05, 3.63) is 23.0 Å². The van der Waals surface area contributed by atoms with Crippen LogP contribution in [0.2, 0.25) is 0 Å². The first-order chi connectivity index (χ1) is 14.6. The van der Waals surface area contributed by atoms with E-state index < -0.39 is 60.3 Å². The van der Waals surface area contributed by atoms with Crippen LogP contribution >= 0.6 is 0 Å². The van der Waals surface area contributed by atoms with Gasteiger partial charge in [-0.3, -0.25) is 0 Å². The molecule has 0 aromatic carbocycles. The molecule has 0 aliphatic carbocycles. The molecule has 0 saturated carbocycles. The van der Waals surface area contributed by atoms with Crippen molar-refractivity contribution in [2.45, 2.75) is 44.1 Å². The molecule has 13 heteroatoms. The van der Waals surface area contributed by atoms with Gasteiger partial charge < -0.3 is 53.6 Å². The number of aliphatic hydroxyl groups excluding tert-OH is 4.